The van der Waals surface area contributed by atoms with E-state index in [0.29, 0.717) is 6.54 Å². The molecule has 0 heterocycles. The summed E-state index contributed by atoms with van der Waals surface area (Å²) in [4.78, 5) is 23.3. The normalized spacial score (nSPS) is 12.0. The summed E-state index contributed by atoms with van der Waals surface area (Å²) in [7, 11) is 1.84. The van der Waals surface area contributed by atoms with Gasteiger partial charge in [-0.25, -0.2) is 0 Å². The van der Waals surface area contributed by atoms with Gasteiger partial charge in [-0.2, -0.15) is 0 Å². The molecule has 0 fully saturated rings. The largest absolute Gasteiger partial charge is 0.480 e. The Bertz CT molecular complexity index is 517. The second kappa shape index (κ2) is 9.17. The Morgan fingerprint density at radius 3 is 2.59 bits per heavy atom. The van der Waals surface area contributed by atoms with Gasteiger partial charge >= 0.3 is 5.97 Å². The number of anilines is 1. The standard InChI is InChI=1S/C16H25N3O3/c1-11-6-4-7-13(12(11)2)19-15(20)10-14(16(21)22)18-9-5-8-17-3/h4,6-7,14,17-18H,5,8-10H2,1-3H3,(H,19,20)(H,21,22)/t14-/m0/s1. The summed E-state index contributed by atoms with van der Waals surface area (Å²) in [6, 6.07) is 4.77. The second-order valence-corrected chi connectivity index (χ2v) is 5.30. The van der Waals surface area contributed by atoms with Crippen molar-refractivity contribution >= 4 is 17.6 Å². The first kappa shape index (κ1) is 18.1. The fourth-order valence-electron chi connectivity index (χ4n) is 2.06. The highest BCUT2D eigenvalue weighted by molar-refractivity contribution is 5.94. The predicted molar refractivity (Wildman–Crippen MR) is 87.1 cm³/mol. The number of aryl methyl sites for hydroxylation is 1. The number of aliphatic carboxylic acids is 1. The molecule has 1 aromatic carbocycles. The third-order valence-corrected chi connectivity index (χ3v) is 3.56. The quantitative estimate of drug-likeness (QED) is 0.516. The molecule has 4 N–H and O–H groups in total. The Labute approximate surface area is 131 Å². The lowest BCUT2D eigenvalue weighted by atomic mass is 10.1. The van der Waals surface area contributed by atoms with Crippen LogP contribution in [-0.4, -0.2) is 43.2 Å². The van der Waals surface area contributed by atoms with Crippen molar-refractivity contribution in [1.29, 1.82) is 0 Å². The maximum atomic E-state index is 12.1. The fourth-order valence-corrected chi connectivity index (χ4v) is 2.06. The minimum Gasteiger partial charge on any atom is -0.480 e. The van der Waals surface area contributed by atoms with Crippen molar-refractivity contribution in [2.75, 3.05) is 25.5 Å². The van der Waals surface area contributed by atoms with Crippen LogP contribution >= 0.6 is 0 Å². The van der Waals surface area contributed by atoms with Gasteiger partial charge in [0.1, 0.15) is 6.04 Å². The number of carboxylic acid groups (broad SMARTS) is 1. The Kier molecular flexibility index (Phi) is 7.56. The van der Waals surface area contributed by atoms with Gasteiger partial charge in [-0.1, -0.05) is 12.1 Å². The van der Waals surface area contributed by atoms with Crippen LogP contribution in [0.25, 0.3) is 0 Å². The van der Waals surface area contributed by atoms with Crippen LogP contribution in [-0.2, 0) is 9.59 Å². The molecule has 6 nitrogen and oxygen atoms in total. The zero-order valence-electron chi connectivity index (χ0n) is 13.4. The van der Waals surface area contributed by atoms with Gasteiger partial charge in [-0.3, -0.25) is 9.59 Å². The highest BCUT2D eigenvalue weighted by atomic mass is 16.4. The lowest BCUT2D eigenvalue weighted by Gasteiger charge is -2.15. The van der Waals surface area contributed by atoms with Crippen LogP contribution in [0.3, 0.4) is 0 Å². The highest BCUT2D eigenvalue weighted by Gasteiger charge is 2.20. The first-order valence-corrected chi connectivity index (χ1v) is 7.42. The number of carbonyl (C=O) groups excluding carboxylic acids is 1. The topological polar surface area (TPSA) is 90.5 Å². The molecule has 1 atom stereocenters. The molecule has 0 spiro atoms. The predicted octanol–water partition coefficient (Wildman–Crippen LogP) is 1.28. The van der Waals surface area contributed by atoms with E-state index in [9.17, 15) is 14.7 Å². The van der Waals surface area contributed by atoms with Crippen molar-refractivity contribution in [1.82, 2.24) is 10.6 Å². The van der Waals surface area contributed by atoms with E-state index in [1.165, 1.54) is 0 Å². The lowest BCUT2D eigenvalue weighted by Crippen LogP contribution is -2.40. The third kappa shape index (κ3) is 5.83. The molecule has 1 aromatic rings. The molecule has 0 saturated carbocycles. The van der Waals surface area contributed by atoms with Crippen molar-refractivity contribution < 1.29 is 14.7 Å². The number of carbonyl (C=O) groups is 2. The summed E-state index contributed by atoms with van der Waals surface area (Å²) in [6.45, 7) is 5.24. The SMILES string of the molecule is CNCCCN[C@@H](CC(=O)Nc1cccc(C)c1C)C(=O)O. The Hall–Kier alpha value is -1.92. The maximum absolute atomic E-state index is 12.1. The van der Waals surface area contributed by atoms with E-state index in [4.69, 9.17) is 0 Å². The lowest BCUT2D eigenvalue weighted by molar-refractivity contribution is -0.141. The molecule has 0 aliphatic heterocycles. The Balaban J connectivity index is 2.56. The molecular weight excluding hydrogens is 282 g/mol. The number of hydrogen-bond acceptors (Lipinski definition) is 4. The zero-order valence-corrected chi connectivity index (χ0v) is 13.4. The average molecular weight is 307 g/mol. The van der Waals surface area contributed by atoms with Gasteiger partial charge in [0.15, 0.2) is 0 Å². The van der Waals surface area contributed by atoms with Gasteiger partial charge in [0.25, 0.3) is 0 Å². The van der Waals surface area contributed by atoms with Crippen molar-refractivity contribution in [3.8, 4) is 0 Å². The average Bonchev–Trinajstić information content (AvgIpc) is 2.47. The van der Waals surface area contributed by atoms with Gasteiger partial charge in [-0.05, 0) is 57.6 Å². The van der Waals surface area contributed by atoms with Crippen LogP contribution in [0.2, 0.25) is 0 Å². The van der Waals surface area contributed by atoms with E-state index in [1.54, 1.807) is 0 Å². The molecule has 0 aromatic heterocycles. The van der Waals surface area contributed by atoms with E-state index in [2.05, 4.69) is 16.0 Å². The third-order valence-electron chi connectivity index (χ3n) is 3.56. The molecule has 0 aliphatic carbocycles. The highest BCUT2D eigenvalue weighted by Crippen LogP contribution is 2.18. The molecule has 0 saturated heterocycles. The molecule has 0 radical (unpaired) electrons. The second-order valence-electron chi connectivity index (χ2n) is 5.30. The Morgan fingerprint density at radius 1 is 1.23 bits per heavy atom. The minimum atomic E-state index is -1.01. The number of nitrogens with one attached hydrogen (secondary N) is 3. The molecule has 22 heavy (non-hydrogen) atoms. The van der Waals surface area contributed by atoms with Crippen LogP contribution < -0.4 is 16.0 Å². The van der Waals surface area contributed by atoms with Crippen molar-refractivity contribution in [3.63, 3.8) is 0 Å². The van der Waals surface area contributed by atoms with E-state index in [-0.39, 0.29) is 12.3 Å². The molecule has 0 unspecified atom stereocenters. The fraction of sp³-hybridized carbons (Fsp3) is 0.500. The van der Waals surface area contributed by atoms with E-state index in [1.807, 2.05) is 39.1 Å². The van der Waals surface area contributed by atoms with Gasteiger partial charge in [-0.15, -0.1) is 0 Å². The van der Waals surface area contributed by atoms with Gasteiger partial charge in [0.05, 0.1) is 6.42 Å². The summed E-state index contributed by atoms with van der Waals surface area (Å²) in [5.41, 5.74) is 2.80. The molecule has 6 heteroatoms. The number of carboxylic acids is 1. The summed E-state index contributed by atoms with van der Waals surface area (Å²) in [5, 5.41) is 17.9. The Morgan fingerprint density at radius 2 is 1.95 bits per heavy atom. The van der Waals surface area contributed by atoms with Crippen LogP contribution in [0.1, 0.15) is 24.0 Å². The van der Waals surface area contributed by atoms with Crippen LogP contribution in [0.5, 0.6) is 0 Å². The summed E-state index contributed by atoms with van der Waals surface area (Å²) in [6.07, 6.45) is 0.709. The number of amides is 1. The van der Waals surface area contributed by atoms with Gasteiger partial charge in [0.2, 0.25) is 5.91 Å². The smallest absolute Gasteiger partial charge is 0.321 e. The van der Waals surface area contributed by atoms with Crippen molar-refractivity contribution in [2.24, 2.45) is 0 Å². The van der Waals surface area contributed by atoms with Crippen LogP contribution in [0.15, 0.2) is 18.2 Å². The van der Waals surface area contributed by atoms with Gasteiger partial charge in [0, 0.05) is 5.69 Å². The molecule has 122 valence electrons. The van der Waals surface area contributed by atoms with E-state index < -0.39 is 12.0 Å². The summed E-state index contributed by atoms with van der Waals surface area (Å²) < 4.78 is 0. The molecule has 1 rings (SSSR count). The van der Waals surface area contributed by atoms with Crippen LogP contribution in [0.4, 0.5) is 5.69 Å². The minimum absolute atomic E-state index is 0.0950. The first-order valence-electron chi connectivity index (χ1n) is 7.42. The number of rotatable bonds is 9. The number of benzene rings is 1. The number of hydrogen-bond donors (Lipinski definition) is 4. The maximum Gasteiger partial charge on any atom is 0.321 e. The summed E-state index contributed by atoms with van der Waals surface area (Å²) >= 11 is 0. The van der Waals surface area contributed by atoms with Gasteiger partial charge < -0.3 is 21.1 Å². The monoisotopic (exact) mass is 307 g/mol. The van der Waals surface area contributed by atoms with E-state index >= 15 is 0 Å². The molecular formula is C16H25N3O3. The van der Waals surface area contributed by atoms with Crippen LogP contribution in [0, 0.1) is 13.8 Å². The van der Waals surface area contributed by atoms with Crippen molar-refractivity contribution in [2.45, 2.75) is 32.7 Å². The molecule has 0 aliphatic rings. The van der Waals surface area contributed by atoms with Crippen molar-refractivity contribution in [3.05, 3.63) is 29.3 Å². The zero-order chi connectivity index (χ0) is 16.5. The van der Waals surface area contributed by atoms with E-state index in [0.717, 1.165) is 29.8 Å². The first-order chi connectivity index (χ1) is 10.5. The molecule has 1 amide bonds. The summed E-state index contributed by atoms with van der Waals surface area (Å²) in [5.74, 6) is -1.32. The molecule has 0 bridgehead atoms.